The second-order valence-electron chi connectivity index (χ2n) is 3.11. The number of carboxylic acid groups (broad SMARTS) is 1. The van der Waals surface area contributed by atoms with Gasteiger partial charge in [0, 0.05) is 6.54 Å². The molecule has 0 amide bonds. The second-order valence-corrected chi connectivity index (χ2v) is 4.64. The van der Waals surface area contributed by atoms with Crippen molar-refractivity contribution in [3.63, 3.8) is 0 Å². The number of hydrogen-bond acceptors (Lipinski definition) is 4. The maximum absolute atomic E-state index is 11.2. The molecule has 0 fully saturated rings. The molecule has 88 valence electrons. The Morgan fingerprint density at radius 1 is 1.38 bits per heavy atom. The maximum Gasteiger partial charge on any atom is 0.305 e. The zero-order chi connectivity index (χ0) is 12.2. The number of nitrogens with one attached hydrogen (secondary N) is 1. The summed E-state index contributed by atoms with van der Waals surface area (Å²) >= 11 is 0. The molecule has 0 aliphatic carbocycles. The average molecular weight is 244 g/mol. The first-order chi connectivity index (χ1) is 7.41. The van der Waals surface area contributed by atoms with Crippen molar-refractivity contribution in [1.82, 2.24) is 0 Å². The molecule has 1 rings (SSSR count). The summed E-state index contributed by atoms with van der Waals surface area (Å²) in [5.41, 5.74) is 0.311. The summed E-state index contributed by atoms with van der Waals surface area (Å²) < 4.78 is 22.3. The highest BCUT2D eigenvalue weighted by molar-refractivity contribution is 7.89. The number of rotatable bonds is 5. The van der Waals surface area contributed by atoms with E-state index in [1.165, 1.54) is 12.1 Å². The van der Waals surface area contributed by atoms with E-state index in [0.717, 1.165) is 0 Å². The highest BCUT2D eigenvalue weighted by atomic mass is 32.2. The lowest BCUT2D eigenvalue weighted by Gasteiger charge is -2.08. The van der Waals surface area contributed by atoms with Crippen molar-refractivity contribution in [2.24, 2.45) is 5.14 Å². The lowest BCUT2D eigenvalue weighted by Crippen LogP contribution is -2.16. The van der Waals surface area contributed by atoms with Crippen molar-refractivity contribution in [2.75, 3.05) is 11.9 Å². The minimum absolute atomic E-state index is 0.0413. The van der Waals surface area contributed by atoms with Crippen molar-refractivity contribution >= 4 is 21.7 Å². The molecule has 16 heavy (non-hydrogen) atoms. The molecule has 0 aliphatic rings. The van der Waals surface area contributed by atoms with Gasteiger partial charge in [-0.15, -0.1) is 0 Å². The molecule has 0 heterocycles. The molecule has 0 unspecified atom stereocenters. The Hall–Kier alpha value is -1.60. The van der Waals surface area contributed by atoms with E-state index in [4.69, 9.17) is 10.2 Å². The van der Waals surface area contributed by atoms with Crippen LogP contribution in [0.25, 0.3) is 0 Å². The third kappa shape index (κ3) is 3.52. The van der Waals surface area contributed by atoms with Gasteiger partial charge < -0.3 is 10.4 Å². The first-order valence-electron chi connectivity index (χ1n) is 4.49. The summed E-state index contributed by atoms with van der Waals surface area (Å²) in [5.74, 6) is -0.958. The summed E-state index contributed by atoms with van der Waals surface area (Å²) in [7, 11) is -3.79. The smallest absolute Gasteiger partial charge is 0.305 e. The molecule has 1 aromatic carbocycles. The van der Waals surface area contributed by atoms with Gasteiger partial charge >= 0.3 is 5.97 Å². The fourth-order valence-corrected chi connectivity index (χ4v) is 1.88. The van der Waals surface area contributed by atoms with Gasteiger partial charge in [0.15, 0.2) is 0 Å². The van der Waals surface area contributed by atoms with Crippen LogP contribution < -0.4 is 10.5 Å². The van der Waals surface area contributed by atoms with Gasteiger partial charge in [-0.25, -0.2) is 13.6 Å². The minimum Gasteiger partial charge on any atom is -0.481 e. The SMILES string of the molecule is NS(=O)(=O)c1ccccc1NCCC(=O)O. The van der Waals surface area contributed by atoms with Crippen LogP contribution in [0.4, 0.5) is 5.69 Å². The molecule has 0 radical (unpaired) electrons. The molecule has 0 saturated heterocycles. The maximum atomic E-state index is 11.2. The quantitative estimate of drug-likeness (QED) is 0.686. The van der Waals surface area contributed by atoms with E-state index in [9.17, 15) is 13.2 Å². The molecule has 0 aliphatic heterocycles. The summed E-state index contributed by atoms with van der Waals surface area (Å²) in [6.07, 6.45) is -0.0983. The van der Waals surface area contributed by atoms with Crippen LogP contribution in [0, 0.1) is 0 Å². The first kappa shape index (κ1) is 12.5. The summed E-state index contributed by atoms with van der Waals surface area (Å²) in [6.45, 7) is 0.141. The van der Waals surface area contributed by atoms with Gasteiger partial charge in [0.25, 0.3) is 0 Å². The third-order valence-corrected chi connectivity index (χ3v) is 2.82. The molecular weight excluding hydrogens is 232 g/mol. The number of primary sulfonamides is 1. The standard InChI is InChI=1S/C9H12N2O4S/c10-16(14,15)8-4-2-1-3-7(8)11-6-5-9(12)13/h1-4,11H,5-6H2,(H,12,13)(H2,10,14,15). The van der Waals surface area contributed by atoms with E-state index >= 15 is 0 Å². The number of sulfonamides is 1. The zero-order valence-electron chi connectivity index (χ0n) is 8.38. The number of aliphatic carboxylic acids is 1. The van der Waals surface area contributed by atoms with E-state index in [0.29, 0.717) is 5.69 Å². The van der Waals surface area contributed by atoms with Gasteiger partial charge in [0.2, 0.25) is 10.0 Å². The number of nitrogens with two attached hydrogens (primary N) is 1. The van der Waals surface area contributed by atoms with Crippen molar-refractivity contribution in [3.8, 4) is 0 Å². The predicted molar refractivity (Wildman–Crippen MR) is 58.6 cm³/mol. The van der Waals surface area contributed by atoms with Crippen LogP contribution in [0.3, 0.4) is 0 Å². The lowest BCUT2D eigenvalue weighted by molar-refractivity contribution is -0.136. The third-order valence-electron chi connectivity index (χ3n) is 1.85. The van der Waals surface area contributed by atoms with E-state index < -0.39 is 16.0 Å². The van der Waals surface area contributed by atoms with Crippen LogP contribution in [0.2, 0.25) is 0 Å². The Morgan fingerprint density at radius 2 is 2.00 bits per heavy atom. The Balaban J connectivity index is 2.84. The van der Waals surface area contributed by atoms with Gasteiger partial charge in [0.05, 0.1) is 12.1 Å². The topological polar surface area (TPSA) is 109 Å². The summed E-state index contributed by atoms with van der Waals surface area (Å²) in [5, 5.41) is 16.2. The molecule has 0 spiro atoms. The molecule has 6 nitrogen and oxygen atoms in total. The fourth-order valence-electron chi connectivity index (χ4n) is 1.16. The van der Waals surface area contributed by atoms with Gasteiger partial charge in [-0.3, -0.25) is 4.79 Å². The monoisotopic (exact) mass is 244 g/mol. The number of hydrogen-bond donors (Lipinski definition) is 3. The molecular formula is C9H12N2O4S. The molecule has 0 bridgehead atoms. The van der Waals surface area contributed by atoms with E-state index in [-0.39, 0.29) is 17.9 Å². The molecule has 0 saturated carbocycles. The number of carboxylic acids is 1. The minimum atomic E-state index is -3.79. The largest absolute Gasteiger partial charge is 0.481 e. The van der Waals surface area contributed by atoms with E-state index in [1.54, 1.807) is 12.1 Å². The Morgan fingerprint density at radius 3 is 2.56 bits per heavy atom. The predicted octanol–water partition coefficient (Wildman–Crippen LogP) is 0.221. The normalized spacial score (nSPS) is 11.1. The van der Waals surface area contributed by atoms with Crippen LogP contribution in [0.5, 0.6) is 0 Å². The molecule has 0 aromatic heterocycles. The van der Waals surface area contributed by atoms with Crippen molar-refractivity contribution in [3.05, 3.63) is 24.3 Å². The van der Waals surface area contributed by atoms with Gasteiger partial charge in [0.1, 0.15) is 4.90 Å². The second kappa shape index (κ2) is 4.95. The number of para-hydroxylation sites is 1. The van der Waals surface area contributed by atoms with Crippen LogP contribution in [0.1, 0.15) is 6.42 Å². The van der Waals surface area contributed by atoms with Crippen LogP contribution >= 0.6 is 0 Å². The Bertz CT molecular complexity index is 484. The van der Waals surface area contributed by atoms with E-state index in [1.807, 2.05) is 0 Å². The van der Waals surface area contributed by atoms with Gasteiger partial charge in [-0.2, -0.15) is 0 Å². The van der Waals surface area contributed by atoms with Crippen molar-refractivity contribution in [2.45, 2.75) is 11.3 Å². The van der Waals surface area contributed by atoms with Crippen molar-refractivity contribution in [1.29, 1.82) is 0 Å². The fraction of sp³-hybridized carbons (Fsp3) is 0.222. The Labute approximate surface area is 93.1 Å². The Kier molecular flexibility index (Phi) is 3.86. The van der Waals surface area contributed by atoms with Crippen LogP contribution in [-0.2, 0) is 14.8 Å². The highest BCUT2D eigenvalue weighted by Crippen LogP contribution is 2.18. The summed E-state index contributed by atoms with van der Waals surface area (Å²) in [6, 6.07) is 6.07. The average Bonchev–Trinajstić information content (AvgIpc) is 2.16. The first-order valence-corrected chi connectivity index (χ1v) is 6.03. The number of benzene rings is 1. The molecule has 7 heteroatoms. The van der Waals surface area contributed by atoms with Gasteiger partial charge in [-0.1, -0.05) is 12.1 Å². The van der Waals surface area contributed by atoms with Crippen LogP contribution in [-0.4, -0.2) is 26.0 Å². The molecule has 4 N–H and O–H groups in total. The van der Waals surface area contributed by atoms with Crippen molar-refractivity contribution < 1.29 is 18.3 Å². The molecule has 0 atom stereocenters. The lowest BCUT2D eigenvalue weighted by atomic mass is 10.3. The number of carbonyl (C=O) groups is 1. The van der Waals surface area contributed by atoms with Crippen LogP contribution in [0.15, 0.2) is 29.2 Å². The summed E-state index contributed by atoms with van der Waals surface area (Å²) in [4.78, 5) is 10.2. The number of anilines is 1. The van der Waals surface area contributed by atoms with E-state index in [2.05, 4.69) is 5.32 Å². The van der Waals surface area contributed by atoms with Gasteiger partial charge in [-0.05, 0) is 12.1 Å². The highest BCUT2D eigenvalue weighted by Gasteiger charge is 2.12. The molecule has 1 aromatic rings. The zero-order valence-corrected chi connectivity index (χ0v) is 9.20.